The van der Waals surface area contributed by atoms with Gasteiger partial charge in [-0.3, -0.25) is 4.84 Å². The first-order valence-corrected chi connectivity index (χ1v) is 7.77. The molecule has 0 aromatic heterocycles. The second-order valence-electron chi connectivity index (χ2n) is 3.19. The highest BCUT2D eigenvalue weighted by Gasteiger charge is 2.17. The van der Waals surface area contributed by atoms with Crippen LogP contribution in [-0.4, -0.2) is 20.9 Å². The van der Waals surface area contributed by atoms with Gasteiger partial charge in [0.2, 0.25) is 0 Å². The van der Waals surface area contributed by atoms with Crippen LogP contribution in [0.15, 0.2) is 21.9 Å². The molecule has 2 N–H and O–H groups in total. The van der Waals surface area contributed by atoms with Crippen molar-refractivity contribution >= 4 is 33.2 Å². The zero-order valence-electron chi connectivity index (χ0n) is 8.86. The van der Waals surface area contributed by atoms with Gasteiger partial charge in [-0.2, -0.15) is 0 Å². The number of hydrogen-bond donors (Lipinski definition) is 1. The van der Waals surface area contributed by atoms with Crippen LogP contribution < -0.4 is 5.90 Å². The van der Waals surface area contributed by atoms with Crippen LogP contribution in [0.3, 0.4) is 0 Å². The fraction of sp³-hybridized carbons (Fsp3) is 0.333. The number of rotatable bonds is 4. The lowest BCUT2D eigenvalue weighted by molar-refractivity contribution is 0.124. The van der Waals surface area contributed by atoms with Gasteiger partial charge in [0, 0.05) is 11.2 Å². The number of nitrogens with two attached hydrogens (primary N) is 1. The van der Waals surface area contributed by atoms with E-state index in [-0.39, 0.29) is 11.5 Å². The molecule has 0 fully saturated rings. The van der Waals surface area contributed by atoms with Crippen LogP contribution >= 0.6 is 23.4 Å². The summed E-state index contributed by atoms with van der Waals surface area (Å²) in [7, 11) is -3.31. The fourth-order valence-electron chi connectivity index (χ4n) is 1.27. The van der Waals surface area contributed by atoms with Crippen molar-refractivity contribution in [3.05, 3.63) is 22.7 Å². The first kappa shape index (κ1) is 13.8. The molecule has 4 nitrogen and oxygen atoms in total. The first-order chi connectivity index (χ1) is 7.40. The monoisotopic (exact) mass is 281 g/mol. The third kappa shape index (κ3) is 3.11. The van der Waals surface area contributed by atoms with Crippen LogP contribution in [0.25, 0.3) is 0 Å². The lowest BCUT2D eigenvalue weighted by Crippen LogP contribution is -2.04. The third-order valence-electron chi connectivity index (χ3n) is 1.92. The maximum atomic E-state index is 11.6. The molecule has 1 aromatic rings. The minimum absolute atomic E-state index is 0.122. The summed E-state index contributed by atoms with van der Waals surface area (Å²) in [5.74, 6) is 4.94. The van der Waals surface area contributed by atoms with Gasteiger partial charge < -0.3 is 0 Å². The van der Waals surface area contributed by atoms with Gasteiger partial charge in [0.25, 0.3) is 0 Å². The summed E-state index contributed by atoms with van der Waals surface area (Å²) in [5.41, 5.74) is 0.630. The van der Waals surface area contributed by atoms with Gasteiger partial charge in [0.15, 0.2) is 9.84 Å². The Morgan fingerprint density at radius 3 is 2.56 bits per heavy atom. The van der Waals surface area contributed by atoms with E-state index in [1.165, 1.54) is 17.8 Å². The minimum Gasteiger partial charge on any atom is -0.300 e. The summed E-state index contributed by atoms with van der Waals surface area (Å²) in [6.07, 6.45) is 2.92. The standard InChI is InChI=1S/C9H12ClNO3S2/c1-15-9-7(10)3-6(5-14-11)4-8(9)16(2,12)13/h3-4H,5,11H2,1-2H3. The molecule has 7 heteroatoms. The van der Waals surface area contributed by atoms with Crippen LogP contribution in [0.2, 0.25) is 5.02 Å². The zero-order chi connectivity index (χ0) is 12.3. The van der Waals surface area contributed by atoms with Crippen LogP contribution in [0, 0.1) is 0 Å². The lowest BCUT2D eigenvalue weighted by atomic mass is 10.2. The maximum absolute atomic E-state index is 11.6. The van der Waals surface area contributed by atoms with E-state index in [2.05, 4.69) is 4.84 Å². The summed E-state index contributed by atoms with van der Waals surface area (Å²) in [5, 5.41) is 0.391. The summed E-state index contributed by atoms with van der Waals surface area (Å²) in [4.78, 5) is 5.22. The Morgan fingerprint density at radius 2 is 2.12 bits per heavy atom. The van der Waals surface area contributed by atoms with Gasteiger partial charge >= 0.3 is 0 Å². The molecule has 0 spiro atoms. The second-order valence-corrected chi connectivity index (χ2v) is 6.40. The Morgan fingerprint density at radius 1 is 1.50 bits per heavy atom. The molecule has 0 unspecified atom stereocenters. The molecule has 0 atom stereocenters. The number of sulfone groups is 1. The molecule has 16 heavy (non-hydrogen) atoms. The average Bonchev–Trinajstić information content (AvgIpc) is 2.16. The number of thioether (sulfide) groups is 1. The predicted molar refractivity (Wildman–Crippen MR) is 65.3 cm³/mol. The van der Waals surface area contributed by atoms with E-state index in [9.17, 15) is 8.42 Å². The van der Waals surface area contributed by atoms with Gasteiger partial charge in [-0.1, -0.05) is 11.6 Å². The smallest absolute Gasteiger partial charge is 0.176 e. The summed E-state index contributed by atoms with van der Waals surface area (Å²) >= 11 is 7.29. The Kier molecular flexibility index (Phi) is 4.63. The van der Waals surface area contributed by atoms with E-state index in [1.807, 2.05) is 0 Å². The molecule has 0 amide bonds. The van der Waals surface area contributed by atoms with Crippen molar-refractivity contribution in [3.63, 3.8) is 0 Å². The Balaban J connectivity index is 3.43. The first-order valence-electron chi connectivity index (χ1n) is 4.28. The van der Waals surface area contributed by atoms with Gasteiger partial charge in [-0.25, -0.2) is 14.3 Å². The Hall–Kier alpha value is -0.270. The minimum atomic E-state index is -3.31. The highest BCUT2D eigenvalue weighted by atomic mass is 35.5. The van der Waals surface area contributed by atoms with Crippen molar-refractivity contribution in [1.82, 2.24) is 0 Å². The summed E-state index contributed by atoms with van der Waals surface area (Å²) < 4.78 is 23.2. The molecular weight excluding hydrogens is 270 g/mol. The molecule has 0 aliphatic heterocycles. The van der Waals surface area contributed by atoms with Gasteiger partial charge in [0.1, 0.15) is 0 Å². The number of halogens is 1. The van der Waals surface area contributed by atoms with Gasteiger partial charge in [-0.15, -0.1) is 11.8 Å². The van der Waals surface area contributed by atoms with Crippen molar-refractivity contribution in [2.75, 3.05) is 12.5 Å². The zero-order valence-corrected chi connectivity index (χ0v) is 11.2. The van der Waals surface area contributed by atoms with E-state index in [1.54, 1.807) is 12.3 Å². The molecule has 0 aliphatic rings. The van der Waals surface area contributed by atoms with Gasteiger partial charge in [0.05, 0.1) is 16.5 Å². The van der Waals surface area contributed by atoms with E-state index in [4.69, 9.17) is 17.5 Å². The van der Waals surface area contributed by atoms with Crippen molar-refractivity contribution in [2.24, 2.45) is 5.90 Å². The molecule has 1 aromatic carbocycles. The van der Waals surface area contributed by atoms with Crippen molar-refractivity contribution < 1.29 is 13.3 Å². The van der Waals surface area contributed by atoms with E-state index in [0.29, 0.717) is 15.5 Å². The van der Waals surface area contributed by atoms with Crippen LogP contribution in [0.5, 0.6) is 0 Å². The summed E-state index contributed by atoms with van der Waals surface area (Å²) in [6, 6.07) is 3.18. The van der Waals surface area contributed by atoms with E-state index >= 15 is 0 Å². The fourth-order valence-corrected chi connectivity index (χ4v) is 3.83. The lowest BCUT2D eigenvalue weighted by Gasteiger charge is -2.10. The molecule has 0 aliphatic carbocycles. The Bertz CT molecular complexity index is 488. The van der Waals surface area contributed by atoms with E-state index < -0.39 is 9.84 Å². The normalized spacial score (nSPS) is 11.8. The van der Waals surface area contributed by atoms with Crippen LogP contribution in [-0.2, 0) is 21.3 Å². The third-order valence-corrected chi connectivity index (χ3v) is 4.43. The van der Waals surface area contributed by atoms with Crippen LogP contribution in [0.4, 0.5) is 0 Å². The molecule has 0 saturated carbocycles. The van der Waals surface area contributed by atoms with Crippen LogP contribution in [0.1, 0.15) is 5.56 Å². The van der Waals surface area contributed by atoms with Crippen molar-refractivity contribution in [3.8, 4) is 0 Å². The molecular formula is C9H12ClNO3S2. The highest BCUT2D eigenvalue weighted by Crippen LogP contribution is 2.33. The highest BCUT2D eigenvalue weighted by molar-refractivity contribution is 7.99. The Labute approximate surface area is 104 Å². The SMILES string of the molecule is CSc1c(Cl)cc(CON)cc1S(C)(=O)=O. The number of benzene rings is 1. The molecule has 0 bridgehead atoms. The maximum Gasteiger partial charge on any atom is 0.176 e. The predicted octanol–water partition coefficient (Wildman–Crippen LogP) is 1.86. The van der Waals surface area contributed by atoms with Crippen molar-refractivity contribution in [2.45, 2.75) is 16.4 Å². The quantitative estimate of drug-likeness (QED) is 0.674. The van der Waals surface area contributed by atoms with Crippen molar-refractivity contribution in [1.29, 1.82) is 0 Å². The second kappa shape index (κ2) is 5.37. The van der Waals surface area contributed by atoms with E-state index in [0.717, 1.165) is 6.26 Å². The molecule has 0 saturated heterocycles. The molecule has 0 heterocycles. The topological polar surface area (TPSA) is 69.4 Å². The molecule has 0 radical (unpaired) electrons. The largest absolute Gasteiger partial charge is 0.300 e. The molecule has 90 valence electrons. The van der Waals surface area contributed by atoms with Gasteiger partial charge in [-0.05, 0) is 24.0 Å². The average molecular weight is 282 g/mol. The molecule has 1 rings (SSSR count). The number of hydrogen-bond acceptors (Lipinski definition) is 5. The summed E-state index contributed by atoms with van der Waals surface area (Å²) in [6.45, 7) is 0.122.